The van der Waals surface area contributed by atoms with Crippen LogP contribution in [0.1, 0.15) is 10.5 Å². The Labute approximate surface area is 166 Å². The fraction of sp³-hybridized carbons (Fsp3) is 0.200. The largest absolute Gasteiger partial charge is 0.345 e. The number of quaternary nitrogens is 1. The number of nitrogens with one attached hydrogen (secondary N) is 2. The van der Waals surface area contributed by atoms with Crippen LogP contribution in [-0.4, -0.2) is 47.8 Å². The maximum absolute atomic E-state index is 13.2. The van der Waals surface area contributed by atoms with E-state index in [2.05, 4.69) is 10.4 Å². The van der Waals surface area contributed by atoms with Gasteiger partial charge in [-0.15, -0.1) is 0 Å². The summed E-state index contributed by atoms with van der Waals surface area (Å²) >= 11 is 0. The standard InChI is InChI=1S/C20H20FN5O3/c1-24(2)11-10-22-20(27)19-13-18(14-6-8-15(21)9-7-14)23-25(19)16-4-3-5-17(12-16)26(28)29/h3-9,12-13H,10-11H2,1-2H3,(H,22,27)/p+1. The number of amides is 1. The van der Waals surface area contributed by atoms with Gasteiger partial charge in [0.1, 0.15) is 11.5 Å². The summed E-state index contributed by atoms with van der Waals surface area (Å²) in [5, 5.41) is 18.4. The minimum atomic E-state index is -0.506. The van der Waals surface area contributed by atoms with Crippen LogP contribution >= 0.6 is 0 Å². The number of likely N-dealkylation sites (N-methyl/N-ethyl adjacent to an activating group) is 1. The number of aromatic nitrogens is 2. The van der Waals surface area contributed by atoms with Crippen LogP contribution in [0, 0.1) is 15.9 Å². The van der Waals surface area contributed by atoms with E-state index in [1.54, 1.807) is 24.3 Å². The van der Waals surface area contributed by atoms with Crippen LogP contribution in [0.4, 0.5) is 10.1 Å². The highest BCUT2D eigenvalue weighted by Gasteiger charge is 2.19. The molecule has 0 aliphatic heterocycles. The molecule has 0 spiro atoms. The van der Waals surface area contributed by atoms with E-state index in [0.717, 1.165) is 6.54 Å². The van der Waals surface area contributed by atoms with E-state index in [-0.39, 0.29) is 23.1 Å². The maximum atomic E-state index is 13.2. The van der Waals surface area contributed by atoms with Crippen LogP contribution in [0.25, 0.3) is 16.9 Å². The van der Waals surface area contributed by atoms with Crippen molar-refractivity contribution < 1.29 is 19.0 Å². The number of carbonyl (C=O) groups is 1. The van der Waals surface area contributed by atoms with E-state index in [1.807, 2.05) is 14.1 Å². The fourth-order valence-corrected chi connectivity index (χ4v) is 2.76. The number of hydrogen-bond acceptors (Lipinski definition) is 4. The van der Waals surface area contributed by atoms with Gasteiger partial charge in [-0.3, -0.25) is 14.9 Å². The minimum absolute atomic E-state index is 0.108. The van der Waals surface area contributed by atoms with Gasteiger partial charge in [-0.2, -0.15) is 5.10 Å². The lowest BCUT2D eigenvalue weighted by atomic mass is 10.1. The molecule has 0 atom stereocenters. The molecule has 0 aliphatic rings. The van der Waals surface area contributed by atoms with Crippen LogP contribution < -0.4 is 10.2 Å². The Kier molecular flexibility index (Phi) is 5.99. The molecule has 3 rings (SSSR count). The molecule has 1 amide bonds. The minimum Gasteiger partial charge on any atom is -0.345 e. The van der Waals surface area contributed by atoms with Crippen molar-refractivity contribution in [3.63, 3.8) is 0 Å². The predicted octanol–water partition coefficient (Wildman–Crippen LogP) is 1.46. The van der Waals surface area contributed by atoms with Crippen molar-refractivity contribution in [2.24, 2.45) is 0 Å². The molecule has 8 nitrogen and oxygen atoms in total. The third-order valence-corrected chi connectivity index (χ3v) is 4.28. The number of halogens is 1. The normalized spacial score (nSPS) is 10.9. The van der Waals surface area contributed by atoms with E-state index in [1.165, 1.54) is 39.9 Å². The summed E-state index contributed by atoms with van der Waals surface area (Å²) in [5.41, 5.74) is 1.60. The van der Waals surface area contributed by atoms with Gasteiger partial charge >= 0.3 is 0 Å². The molecule has 150 valence electrons. The quantitative estimate of drug-likeness (QED) is 0.465. The molecule has 0 radical (unpaired) electrons. The molecule has 29 heavy (non-hydrogen) atoms. The smallest absolute Gasteiger partial charge is 0.271 e. The van der Waals surface area contributed by atoms with Crippen molar-refractivity contribution in [1.82, 2.24) is 15.1 Å². The highest BCUT2D eigenvalue weighted by molar-refractivity contribution is 5.94. The topological polar surface area (TPSA) is 94.5 Å². The highest BCUT2D eigenvalue weighted by Crippen LogP contribution is 2.24. The van der Waals surface area contributed by atoms with Crippen molar-refractivity contribution in [1.29, 1.82) is 0 Å². The van der Waals surface area contributed by atoms with Gasteiger partial charge in [0.15, 0.2) is 0 Å². The maximum Gasteiger partial charge on any atom is 0.271 e. The summed E-state index contributed by atoms with van der Waals surface area (Å²) in [6.07, 6.45) is 0. The second-order valence-corrected chi connectivity index (χ2v) is 6.82. The van der Waals surface area contributed by atoms with Crippen molar-refractivity contribution in [3.05, 3.63) is 76.2 Å². The van der Waals surface area contributed by atoms with E-state index in [0.29, 0.717) is 23.5 Å². The number of nitro groups is 1. The van der Waals surface area contributed by atoms with E-state index < -0.39 is 4.92 Å². The summed E-state index contributed by atoms with van der Waals surface area (Å²) in [5.74, 6) is -0.727. The van der Waals surface area contributed by atoms with Crippen LogP contribution in [0.2, 0.25) is 0 Å². The van der Waals surface area contributed by atoms with Gasteiger partial charge in [0, 0.05) is 17.7 Å². The average molecular weight is 398 g/mol. The Morgan fingerprint density at radius 3 is 2.59 bits per heavy atom. The van der Waals surface area contributed by atoms with Crippen molar-refractivity contribution in [3.8, 4) is 16.9 Å². The first-order valence-corrected chi connectivity index (χ1v) is 9.03. The number of carbonyl (C=O) groups excluding carboxylic acids is 1. The lowest BCUT2D eigenvalue weighted by Crippen LogP contribution is -3.06. The lowest BCUT2D eigenvalue weighted by Gasteiger charge is -2.10. The summed E-state index contributed by atoms with van der Waals surface area (Å²) in [4.78, 5) is 24.6. The SMILES string of the molecule is C[NH+](C)CCNC(=O)c1cc(-c2ccc(F)cc2)nn1-c1cccc([N+](=O)[O-])c1. The molecule has 3 aromatic rings. The molecule has 1 heterocycles. The number of hydrogen-bond donors (Lipinski definition) is 2. The van der Waals surface area contributed by atoms with Crippen molar-refractivity contribution >= 4 is 11.6 Å². The number of nitro benzene ring substituents is 1. The van der Waals surface area contributed by atoms with E-state index >= 15 is 0 Å². The van der Waals surface area contributed by atoms with Gasteiger partial charge in [0.05, 0.1) is 43.5 Å². The number of non-ortho nitro benzene ring substituents is 1. The second-order valence-electron chi connectivity index (χ2n) is 6.82. The molecule has 0 aliphatic carbocycles. The molecule has 1 aromatic heterocycles. The second kappa shape index (κ2) is 8.61. The number of nitrogens with zero attached hydrogens (tertiary/aromatic N) is 3. The fourth-order valence-electron chi connectivity index (χ4n) is 2.76. The average Bonchev–Trinajstić information content (AvgIpc) is 3.14. The Morgan fingerprint density at radius 2 is 1.93 bits per heavy atom. The third kappa shape index (κ3) is 4.82. The molecule has 2 aromatic carbocycles. The van der Waals surface area contributed by atoms with Gasteiger partial charge in [-0.05, 0) is 36.4 Å². The predicted molar refractivity (Wildman–Crippen MR) is 106 cm³/mol. The Balaban J connectivity index is 2.02. The van der Waals surface area contributed by atoms with Gasteiger partial charge in [0.2, 0.25) is 0 Å². The zero-order valence-corrected chi connectivity index (χ0v) is 16.1. The zero-order valence-electron chi connectivity index (χ0n) is 16.1. The Bertz CT molecular complexity index is 1030. The van der Waals surface area contributed by atoms with Crippen LogP contribution in [-0.2, 0) is 0 Å². The van der Waals surface area contributed by atoms with Gasteiger partial charge < -0.3 is 10.2 Å². The van der Waals surface area contributed by atoms with Gasteiger partial charge in [0.25, 0.3) is 11.6 Å². The van der Waals surface area contributed by atoms with E-state index in [4.69, 9.17) is 0 Å². The Morgan fingerprint density at radius 1 is 1.21 bits per heavy atom. The molecule has 0 fully saturated rings. The summed E-state index contributed by atoms with van der Waals surface area (Å²) in [6, 6.07) is 13.2. The molecule has 0 bridgehead atoms. The van der Waals surface area contributed by atoms with Crippen LogP contribution in [0.15, 0.2) is 54.6 Å². The van der Waals surface area contributed by atoms with Crippen LogP contribution in [0.3, 0.4) is 0 Å². The summed E-state index contributed by atoms with van der Waals surface area (Å²) in [6.45, 7) is 1.20. The molecule has 0 unspecified atom stereocenters. The molecule has 0 saturated heterocycles. The lowest BCUT2D eigenvalue weighted by molar-refractivity contribution is -0.856. The first kappa shape index (κ1) is 20.2. The highest BCUT2D eigenvalue weighted by atomic mass is 19.1. The van der Waals surface area contributed by atoms with Gasteiger partial charge in [-0.25, -0.2) is 9.07 Å². The monoisotopic (exact) mass is 398 g/mol. The van der Waals surface area contributed by atoms with Crippen molar-refractivity contribution in [2.45, 2.75) is 0 Å². The zero-order chi connectivity index (χ0) is 21.0. The van der Waals surface area contributed by atoms with E-state index in [9.17, 15) is 19.3 Å². The molecular weight excluding hydrogens is 377 g/mol. The number of rotatable bonds is 7. The Hall–Kier alpha value is -3.59. The molecule has 2 N–H and O–H groups in total. The number of benzene rings is 2. The van der Waals surface area contributed by atoms with Crippen molar-refractivity contribution in [2.75, 3.05) is 27.2 Å². The van der Waals surface area contributed by atoms with Gasteiger partial charge in [-0.1, -0.05) is 6.07 Å². The molecule has 9 heteroatoms. The summed E-state index contributed by atoms with van der Waals surface area (Å²) < 4.78 is 14.6. The molecule has 0 saturated carbocycles. The third-order valence-electron chi connectivity index (χ3n) is 4.28. The van der Waals surface area contributed by atoms with Crippen LogP contribution in [0.5, 0.6) is 0 Å². The molecular formula is C20H21FN5O3+. The summed E-state index contributed by atoms with van der Waals surface area (Å²) in [7, 11) is 3.96. The first-order chi connectivity index (χ1) is 13.8. The first-order valence-electron chi connectivity index (χ1n) is 9.03.